The maximum atomic E-state index is 12.4. The van der Waals surface area contributed by atoms with Gasteiger partial charge in [-0.1, -0.05) is 12.1 Å². The van der Waals surface area contributed by atoms with E-state index in [2.05, 4.69) is 9.44 Å². The summed E-state index contributed by atoms with van der Waals surface area (Å²) in [4.78, 5) is 0.0770. The lowest BCUT2D eigenvalue weighted by atomic mass is 10.1. The van der Waals surface area contributed by atoms with Crippen LogP contribution in [0.25, 0.3) is 0 Å². The zero-order valence-corrected chi connectivity index (χ0v) is 16.8. The number of benzene rings is 2. The van der Waals surface area contributed by atoms with Crippen LogP contribution in [0, 0.1) is 6.92 Å². The minimum Gasteiger partial charge on any atom is -0.399 e. The third-order valence-electron chi connectivity index (χ3n) is 3.70. The average Bonchev–Trinajstić information content (AvgIpc) is 2.56. The summed E-state index contributed by atoms with van der Waals surface area (Å²) >= 11 is 0. The second-order valence-electron chi connectivity index (χ2n) is 5.52. The van der Waals surface area contributed by atoms with Crippen LogP contribution in [0.2, 0.25) is 0 Å². The number of rotatable bonds is 7. The van der Waals surface area contributed by atoms with Crippen molar-refractivity contribution in [3.8, 4) is 0 Å². The third kappa shape index (κ3) is 5.42. The number of nitrogen functional groups attached to an aromatic ring is 1. The summed E-state index contributed by atoms with van der Waals surface area (Å²) in [7, 11) is -6.04. The molecule has 10 heteroatoms. The lowest BCUT2D eigenvalue weighted by Crippen LogP contribution is -2.26. The number of hydrogen-bond acceptors (Lipinski definition) is 5. The van der Waals surface area contributed by atoms with E-state index in [-0.39, 0.29) is 28.7 Å². The molecule has 2 rings (SSSR count). The predicted octanol–water partition coefficient (Wildman–Crippen LogP) is 1.43. The Labute approximate surface area is 160 Å². The van der Waals surface area contributed by atoms with Crippen molar-refractivity contribution in [2.24, 2.45) is 0 Å². The summed E-state index contributed by atoms with van der Waals surface area (Å²) in [6.07, 6.45) is 0.519. The molecule has 0 aliphatic heterocycles. The average molecular weight is 420 g/mol. The van der Waals surface area contributed by atoms with Gasteiger partial charge in [-0.25, -0.2) is 26.3 Å². The van der Waals surface area contributed by atoms with Gasteiger partial charge in [0.2, 0.25) is 20.0 Å². The molecule has 4 N–H and O–H groups in total. The predicted molar refractivity (Wildman–Crippen MR) is 104 cm³/mol. The Balaban J connectivity index is 0.00000338. The van der Waals surface area contributed by atoms with E-state index in [1.807, 2.05) is 12.1 Å². The molecule has 0 aliphatic carbocycles. The summed E-state index contributed by atoms with van der Waals surface area (Å²) in [5.74, 6) is 0. The maximum Gasteiger partial charge on any atom is 0.240 e. The highest BCUT2D eigenvalue weighted by Gasteiger charge is 2.19. The fraction of sp³-hybridized carbons (Fsp3) is 0.250. The lowest BCUT2D eigenvalue weighted by Gasteiger charge is -2.10. The highest BCUT2D eigenvalue weighted by Crippen LogP contribution is 2.19. The number of hydrogen-bond donors (Lipinski definition) is 3. The van der Waals surface area contributed by atoms with E-state index in [9.17, 15) is 16.8 Å². The molecule has 0 atom stereocenters. The first-order chi connectivity index (χ1) is 11.7. The number of nitrogens with one attached hydrogen (secondary N) is 2. The molecule has 0 fully saturated rings. The molecule has 26 heavy (non-hydrogen) atoms. The van der Waals surface area contributed by atoms with Crippen molar-refractivity contribution < 1.29 is 16.8 Å². The Kier molecular flexibility index (Phi) is 7.60. The molecule has 0 aliphatic rings. The molecule has 2 aromatic rings. The van der Waals surface area contributed by atoms with Gasteiger partial charge in [-0.05, 0) is 61.9 Å². The maximum absolute atomic E-state index is 12.4. The van der Waals surface area contributed by atoms with Gasteiger partial charge in [-0.15, -0.1) is 12.4 Å². The SMILES string of the molecule is CNS(=O)(=O)c1ccc(S(=O)(=O)NCCc2ccc(N)cc2)cc1C.Cl. The molecule has 0 unspecified atom stereocenters. The minimum absolute atomic E-state index is 0. The van der Waals surface area contributed by atoms with E-state index in [0.717, 1.165) is 5.56 Å². The van der Waals surface area contributed by atoms with Crippen LogP contribution < -0.4 is 15.2 Å². The van der Waals surface area contributed by atoms with Crippen molar-refractivity contribution in [3.05, 3.63) is 53.6 Å². The third-order valence-corrected chi connectivity index (χ3v) is 6.73. The van der Waals surface area contributed by atoms with Crippen LogP contribution >= 0.6 is 12.4 Å². The molecule has 2 aromatic carbocycles. The summed E-state index contributed by atoms with van der Waals surface area (Å²) in [6.45, 7) is 1.78. The minimum atomic E-state index is -3.72. The second-order valence-corrected chi connectivity index (χ2v) is 9.15. The van der Waals surface area contributed by atoms with E-state index < -0.39 is 20.0 Å². The molecular formula is C16H22ClN3O4S2. The molecule has 0 radical (unpaired) electrons. The molecule has 0 heterocycles. The van der Waals surface area contributed by atoms with Gasteiger partial charge >= 0.3 is 0 Å². The van der Waals surface area contributed by atoms with Crippen molar-refractivity contribution in [2.75, 3.05) is 19.3 Å². The molecule has 0 saturated heterocycles. The van der Waals surface area contributed by atoms with E-state index in [1.165, 1.54) is 25.2 Å². The van der Waals surface area contributed by atoms with Gasteiger partial charge in [0.15, 0.2) is 0 Å². The standard InChI is InChI=1S/C16H21N3O4S2.ClH/c1-12-11-15(7-8-16(12)25(22,23)18-2)24(20,21)19-10-9-13-3-5-14(17)6-4-13;/h3-8,11,18-19H,9-10,17H2,1-2H3;1H. The van der Waals surface area contributed by atoms with Gasteiger partial charge in [0.05, 0.1) is 9.79 Å². The van der Waals surface area contributed by atoms with Gasteiger partial charge in [0.1, 0.15) is 0 Å². The largest absolute Gasteiger partial charge is 0.399 e. The number of sulfonamides is 2. The van der Waals surface area contributed by atoms with Crippen molar-refractivity contribution in [2.45, 2.75) is 23.1 Å². The molecular weight excluding hydrogens is 398 g/mol. The number of aryl methyl sites for hydroxylation is 1. The fourth-order valence-electron chi connectivity index (χ4n) is 2.30. The fourth-order valence-corrected chi connectivity index (χ4v) is 4.36. The van der Waals surface area contributed by atoms with Crippen LogP contribution in [-0.4, -0.2) is 30.4 Å². The van der Waals surface area contributed by atoms with Crippen molar-refractivity contribution >= 4 is 38.1 Å². The van der Waals surface area contributed by atoms with Crippen LogP contribution in [0.15, 0.2) is 52.3 Å². The molecule has 0 saturated carbocycles. The highest BCUT2D eigenvalue weighted by atomic mass is 35.5. The van der Waals surface area contributed by atoms with Crippen LogP contribution in [0.3, 0.4) is 0 Å². The van der Waals surface area contributed by atoms with Gasteiger partial charge in [-0.2, -0.15) is 0 Å². The van der Waals surface area contributed by atoms with Crippen LogP contribution in [0.1, 0.15) is 11.1 Å². The Morgan fingerprint density at radius 3 is 2.12 bits per heavy atom. The summed E-state index contributed by atoms with van der Waals surface area (Å²) < 4.78 is 53.2. The van der Waals surface area contributed by atoms with Crippen molar-refractivity contribution in [3.63, 3.8) is 0 Å². The monoisotopic (exact) mass is 419 g/mol. The molecule has 0 amide bonds. The quantitative estimate of drug-likeness (QED) is 0.586. The van der Waals surface area contributed by atoms with Gasteiger partial charge in [0, 0.05) is 12.2 Å². The number of anilines is 1. The number of halogens is 1. The van der Waals surface area contributed by atoms with Gasteiger partial charge in [-0.3, -0.25) is 0 Å². The molecule has 0 aromatic heterocycles. The molecule has 0 spiro atoms. The van der Waals surface area contributed by atoms with Crippen LogP contribution in [-0.2, 0) is 26.5 Å². The summed E-state index contributed by atoms with van der Waals surface area (Å²) in [6, 6.07) is 11.1. The molecule has 144 valence electrons. The highest BCUT2D eigenvalue weighted by molar-refractivity contribution is 7.90. The Morgan fingerprint density at radius 2 is 1.58 bits per heavy atom. The van der Waals surface area contributed by atoms with E-state index >= 15 is 0 Å². The Hall–Kier alpha value is -1.65. The van der Waals surface area contributed by atoms with Gasteiger partial charge in [0.25, 0.3) is 0 Å². The van der Waals surface area contributed by atoms with Gasteiger partial charge < -0.3 is 5.73 Å². The first kappa shape index (κ1) is 22.4. The van der Waals surface area contributed by atoms with Crippen LogP contribution in [0.4, 0.5) is 5.69 Å². The van der Waals surface area contributed by atoms with E-state index in [1.54, 1.807) is 19.1 Å². The normalized spacial score (nSPS) is 11.8. The molecule has 0 bridgehead atoms. The topological polar surface area (TPSA) is 118 Å². The summed E-state index contributed by atoms with van der Waals surface area (Å²) in [5, 5.41) is 0. The van der Waals surface area contributed by atoms with Crippen LogP contribution in [0.5, 0.6) is 0 Å². The zero-order valence-electron chi connectivity index (χ0n) is 14.4. The van der Waals surface area contributed by atoms with E-state index in [0.29, 0.717) is 17.7 Å². The Bertz CT molecular complexity index is 959. The lowest BCUT2D eigenvalue weighted by molar-refractivity contribution is 0.579. The second kappa shape index (κ2) is 8.83. The number of nitrogens with two attached hydrogens (primary N) is 1. The smallest absolute Gasteiger partial charge is 0.240 e. The first-order valence-corrected chi connectivity index (χ1v) is 10.5. The Morgan fingerprint density at radius 1 is 0.962 bits per heavy atom. The van der Waals surface area contributed by atoms with Crippen molar-refractivity contribution in [1.82, 2.24) is 9.44 Å². The zero-order chi connectivity index (χ0) is 18.7. The first-order valence-electron chi connectivity index (χ1n) is 7.54. The summed E-state index contributed by atoms with van der Waals surface area (Å²) in [5.41, 5.74) is 7.58. The van der Waals surface area contributed by atoms with E-state index in [4.69, 9.17) is 5.73 Å². The van der Waals surface area contributed by atoms with Crippen molar-refractivity contribution in [1.29, 1.82) is 0 Å². The molecule has 7 nitrogen and oxygen atoms in total.